The van der Waals surface area contributed by atoms with Crippen molar-refractivity contribution >= 4 is 11.9 Å². The second kappa shape index (κ2) is 2.95. The van der Waals surface area contributed by atoms with Gasteiger partial charge < -0.3 is 14.9 Å². The first-order valence-corrected chi connectivity index (χ1v) is 4.63. The average Bonchev–Trinajstić information content (AvgIpc) is 2.58. The lowest BCUT2D eigenvalue weighted by Gasteiger charge is -2.25. The van der Waals surface area contributed by atoms with Gasteiger partial charge in [0.2, 0.25) is 0 Å². The molecule has 2 aliphatic heterocycles. The largest absolute Gasteiger partial charge is 0.481 e. The fourth-order valence-corrected chi connectivity index (χ4v) is 2.60. The zero-order valence-corrected chi connectivity index (χ0v) is 7.71. The van der Waals surface area contributed by atoms with Gasteiger partial charge in [-0.15, -0.1) is 0 Å². The van der Waals surface area contributed by atoms with Crippen LogP contribution in [0.1, 0.15) is 13.3 Å². The third-order valence-electron chi connectivity index (χ3n) is 3.21. The van der Waals surface area contributed by atoms with Gasteiger partial charge in [-0.25, -0.2) is 0 Å². The minimum Gasteiger partial charge on any atom is -0.481 e. The standard InChI is InChI=1S/C9H12O5/c1-3-2-4-5(8(10)11)6(9(12)13)7(3)14-4/h3-7H,2H2,1H3,(H,10,11)(H,12,13)/t3-,4-,5-,6-,7+/m1/s1. The van der Waals surface area contributed by atoms with Gasteiger partial charge in [-0.1, -0.05) is 6.92 Å². The lowest BCUT2D eigenvalue weighted by molar-refractivity contribution is -0.154. The number of carbonyl (C=O) groups is 2. The van der Waals surface area contributed by atoms with Crippen molar-refractivity contribution in [3.8, 4) is 0 Å². The summed E-state index contributed by atoms with van der Waals surface area (Å²) in [6.07, 6.45) is -0.169. The summed E-state index contributed by atoms with van der Waals surface area (Å²) >= 11 is 0. The van der Waals surface area contributed by atoms with E-state index in [0.29, 0.717) is 6.42 Å². The number of aliphatic carboxylic acids is 2. The van der Waals surface area contributed by atoms with Crippen molar-refractivity contribution in [2.45, 2.75) is 25.6 Å². The maximum Gasteiger partial charge on any atom is 0.310 e. The normalized spacial score (nSPS) is 45.4. The minimum absolute atomic E-state index is 0.150. The van der Waals surface area contributed by atoms with Crippen molar-refractivity contribution < 1.29 is 24.5 Å². The molecule has 2 fully saturated rings. The van der Waals surface area contributed by atoms with Crippen molar-refractivity contribution in [3.05, 3.63) is 0 Å². The summed E-state index contributed by atoms with van der Waals surface area (Å²) < 4.78 is 5.37. The van der Waals surface area contributed by atoms with Gasteiger partial charge in [-0.05, 0) is 12.3 Å². The second-order valence-corrected chi connectivity index (χ2v) is 4.08. The Morgan fingerprint density at radius 1 is 1.21 bits per heavy atom. The molecule has 78 valence electrons. The van der Waals surface area contributed by atoms with Gasteiger partial charge in [-0.3, -0.25) is 9.59 Å². The highest BCUT2D eigenvalue weighted by molar-refractivity contribution is 5.82. The molecule has 0 amide bonds. The third-order valence-corrected chi connectivity index (χ3v) is 3.21. The van der Waals surface area contributed by atoms with Gasteiger partial charge in [0.15, 0.2) is 0 Å². The molecule has 0 unspecified atom stereocenters. The van der Waals surface area contributed by atoms with E-state index in [0.717, 1.165) is 0 Å². The molecule has 0 spiro atoms. The van der Waals surface area contributed by atoms with Gasteiger partial charge >= 0.3 is 11.9 Å². The molecule has 2 rings (SSSR count). The van der Waals surface area contributed by atoms with Crippen molar-refractivity contribution in [2.75, 3.05) is 0 Å². The summed E-state index contributed by atoms with van der Waals surface area (Å²) in [5.41, 5.74) is 0. The number of rotatable bonds is 2. The first-order valence-electron chi connectivity index (χ1n) is 4.63. The second-order valence-electron chi connectivity index (χ2n) is 4.08. The molecule has 0 aromatic rings. The Bertz CT molecular complexity index is 287. The molecule has 2 N–H and O–H groups in total. The summed E-state index contributed by atoms with van der Waals surface area (Å²) in [4.78, 5) is 21.8. The Morgan fingerprint density at radius 2 is 1.79 bits per heavy atom. The first kappa shape index (κ1) is 9.45. The van der Waals surface area contributed by atoms with Crippen molar-refractivity contribution in [1.82, 2.24) is 0 Å². The van der Waals surface area contributed by atoms with Gasteiger partial charge in [0.05, 0.1) is 24.0 Å². The lowest BCUT2D eigenvalue weighted by Crippen LogP contribution is -2.41. The number of carboxylic acids is 2. The molecule has 0 radical (unpaired) electrons. The molecule has 0 aliphatic carbocycles. The van der Waals surface area contributed by atoms with Crippen LogP contribution in [0.5, 0.6) is 0 Å². The van der Waals surface area contributed by atoms with Gasteiger partial charge in [0, 0.05) is 0 Å². The summed E-state index contributed by atoms with van der Waals surface area (Å²) in [5.74, 6) is -3.71. The van der Waals surface area contributed by atoms with E-state index < -0.39 is 36.0 Å². The van der Waals surface area contributed by atoms with Crippen LogP contribution >= 0.6 is 0 Å². The van der Waals surface area contributed by atoms with Crippen molar-refractivity contribution in [3.63, 3.8) is 0 Å². The number of hydrogen-bond acceptors (Lipinski definition) is 3. The summed E-state index contributed by atoms with van der Waals surface area (Å²) in [6.45, 7) is 1.90. The monoisotopic (exact) mass is 200 g/mol. The Kier molecular flexibility index (Phi) is 1.99. The van der Waals surface area contributed by atoms with Crippen LogP contribution in [0.15, 0.2) is 0 Å². The molecular formula is C9H12O5. The molecule has 2 aliphatic rings. The molecule has 14 heavy (non-hydrogen) atoms. The molecule has 2 heterocycles. The highest BCUT2D eigenvalue weighted by Crippen LogP contribution is 2.46. The number of carboxylic acid groups (broad SMARTS) is 2. The van der Waals surface area contributed by atoms with E-state index >= 15 is 0 Å². The van der Waals surface area contributed by atoms with Crippen LogP contribution in [-0.2, 0) is 14.3 Å². The quantitative estimate of drug-likeness (QED) is 0.665. The van der Waals surface area contributed by atoms with E-state index in [-0.39, 0.29) is 5.92 Å². The van der Waals surface area contributed by atoms with Crippen LogP contribution in [0.2, 0.25) is 0 Å². The molecular weight excluding hydrogens is 188 g/mol. The fourth-order valence-electron chi connectivity index (χ4n) is 2.60. The highest BCUT2D eigenvalue weighted by Gasteiger charge is 2.58. The topological polar surface area (TPSA) is 83.8 Å². The molecule has 2 saturated heterocycles. The molecule has 5 atom stereocenters. The lowest BCUT2D eigenvalue weighted by atomic mass is 9.75. The number of ether oxygens (including phenoxy) is 1. The SMILES string of the molecule is C[C@@H]1C[C@H]2O[C@@H]1[C@H](C(=O)O)[C@@H]2C(=O)O. The summed E-state index contributed by atoms with van der Waals surface area (Å²) in [7, 11) is 0. The zero-order chi connectivity index (χ0) is 10.5. The average molecular weight is 200 g/mol. The van der Waals surface area contributed by atoms with Crippen molar-refractivity contribution in [2.24, 2.45) is 17.8 Å². The fraction of sp³-hybridized carbons (Fsp3) is 0.778. The highest BCUT2D eigenvalue weighted by atomic mass is 16.5. The summed E-state index contributed by atoms with van der Waals surface area (Å²) in [6, 6.07) is 0. The van der Waals surface area contributed by atoms with Crippen molar-refractivity contribution in [1.29, 1.82) is 0 Å². The Balaban J connectivity index is 2.27. The Morgan fingerprint density at radius 3 is 2.29 bits per heavy atom. The van der Waals surface area contributed by atoms with E-state index in [1.165, 1.54) is 0 Å². The molecule has 5 nitrogen and oxygen atoms in total. The first-order chi connectivity index (χ1) is 6.52. The van der Waals surface area contributed by atoms with E-state index in [4.69, 9.17) is 14.9 Å². The number of hydrogen-bond donors (Lipinski definition) is 2. The van der Waals surface area contributed by atoms with E-state index in [1.807, 2.05) is 6.92 Å². The Hall–Kier alpha value is -1.10. The molecule has 0 aromatic heterocycles. The molecule has 0 saturated carbocycles. The van der Waals surface area contributed by atoms with E-state index in [2.05, 4.69) is 0 Å². The van der Waals surface area contributed by atoms with Crippen LogP contribution in [0, 0.1) is 17.8 Å². The minimum atomic E-state index is -1.06. The van der Waals surface area contributed by atoms with Crippen LogP contribution < -0.4 is 0 Å². The van der Waals surface area contributed by atoms with Crippen LogP contribution in [-0.4, -0.2) is 34.4 Å². The smallest absolute Gasteiger partial charge is 0.310 e. The predicted molar refractivity (Wildman–Crippen MR) is 44.7 cm³/mol. The van der Waals surface area contributed by atoms with Crippen LogP contribution in [0.3, 0.4) is 0 Å². The zero-order valence-electron chi connectivity index (χ0n) is 7.71. The van der Waals surface area contributed by atoms with Gasteiger partial charge in [0.25, 0.3) is 0 Å². The third kappa shape index (κ3) is 1.12. The van der Waals surface area contributed by atoms with Gasteiger partial charge in [0.1, 0.15) is 0 Å². The van der Waals surface area contributed by atoms with E-state index in [1.54, 1.807) is 0 Å². The maximum absolute atomic E-state index is 10.9. The van der Waals surface area contributed by atoms with Gasteiger partial charge in [-0.2, -0.15) is 0 Å². The van der Waals surface area contributed by atoms with Crippen LogP contribution in [0.25, 0.3) is 0 Å². The molecule has 2 bridgehead atoms. The van der Waals surface area contributed by atoms with Crippen LogP contribution in [0.4, 0.5) is 0 Å². The number of fused-ring (bicyclic) bond motifs is 2. The Labute approximate surface area is 80.7 Å². The van der Waals surface area contributed by atoms with E-state index in [9.17, 15) is 9.59 Å². The predicted octanol–water partition coefficient (Wildman–Crippen LogP) is 0.195. The molecule has 0 aromatic carbocycles. The molecule has 5 heteroatoms. The summed E-state index contributed by atoms with van der Waals surface area (Å²) in [5, 5.41) is 17.8. The maximum atomic E-state index is 10.9.